The Bertz CT molecular complexity index is 1350. The topological polar surface area (TPSA) is 81.0 Å². The van der Waals surface area contributed by atoms with Crippen LogP contribution in [0.15, 0.2) is 83.8 Å². The monoisotopic (exact) mass is 497 g/mol. The molecule has 4 aromatic rings. The Hall–Kier alpha value is -3.78. The van der Waals surface area contributed by atoms with E-state index in [2.05, 4.69) is 15.5 Å². The number of amides is 1. The molecule has 1 saturated heterocycles. The van der Waals surface area contributed by atoms with E-state index in [9.17, 15) is 9.59 Å². The summed E-state index contributed by atoms with van der Waals surface area (Å²) in [5, 5.41) is 12.1. The van der Waals surface area contributed by atoms with E-state index < -0.39 is 0 Å². The van der Waals surface area contributed by atoms with Crippen molar-refractivity contribution in [1.29, 1.82) is 0 Å². The van der Waals surface area contributed by atoms with Crippen molar-refractivity contribution in [2.75, 3.05) is 13.1 Å². The average molecular weight is 498 g/mol. The van der Waals surface area contributed by atoms with Gasteiger partial charge in [-0.05, 0) is 54.5 Å². The van der Waals surface area contributed by atoms with Crippen LogP contribution in [0.2, 0.25) is 0 Å². The van der Waals surface area contributed by atoms with Crippen molar-refractivity contribution in [2.45, 2.75) is 30.4 Å². The number of carbonyl (C=O) groups excluding carboxylic acids is 2. The molecule has 0 unspecified atom stereocenters. The smallest absolute Gasteiger partial charge is 0.254 e. The lowest BCUT2D eigenvalue weighted by atomic mass is 9.88. The summed E-state index contributed by atoms with van der Waals surface area (Å²) in [5.74, 6) is 1.37. The van der Waals surface area contributed by atoms with Gasteiger partial charge in [-0.1, -0.05) is 60.2 Å². The predicted octanol–water partition coefficient (Wildman–Crippen LogP) is 5.00. The Labute approximate surface area is 214 Å². The number of ketones is 1. The summed E-state index contributed by atoms with van der Waals surface area (Å²) in [6.07, 6.45) is 1.36. The summed E-state index contributed by atoms with van der Waals surface area (Å²) in [4.78, 5) is 29.1. The van der Waals surface area contributed by atoms with Crippen LogP contribution in [0, 0.1) is 12.8 Å². The van der Waals surface area contributed by atoms with Gasteiger partial charge in [0.05, 0.1) is 17.0 Å². The lowest BCUT2D eigenvalue weighted by Gasteiger charge is -2.31. The van der Waals surface area contributed by atoms with Gasteiger partial charge >= 0.3 is 0 Å². The molecule has 36 heavy (non-hydrogen) atoms. The van der Waals surface area contributed by atoms with Crippen molar-refractivity contribution >= 4 is 23.5 Å². The molecule has 5 rings (SSSR count). The number of carbonyl (C=O) groups is 2. The first-order valence-corrected chi connectivity index (χ1v) is 13.0. The lowest BCUT2D eigenvalue weighted by molar-refractivity contribution is 0.0647. The molecule has 1 aromatic heterocycles. The highest BCUT2D eigenvalue weighted by Crippen LogP contribution is 2.29. The molecule has 0 bridgehead atoms. The van der Waals surface area contributed by atoms with Crippen molar-refractivity contribution < 1.29 is 9.59 Å². The van der Waals surface area contributed by atoms with Gasteiger partial charge in [-0.15, -0.1) is 16.9 Å². The summed E-state index contributed by atoms with van der Waals surface area (Å²) < 4.78 is 1.72. The van der Waals surface area contributed by atoms with Gasteiger partial charge in [0, 0.05) is 29.5 Å². The van der Waals surface area contributed by atoms with Gasteiger partial charge in [-0.2, -0.15) is 4.68 Å². The minimum Gasteiger partial charge on any atom is -0.339 e. The van der Waals surface area contributed by atoms with Crippen LogP contribution in [0.4, 0.5) is 0 Å². The Morgan fingerprint density at radius 2 is 1.61 bits per heavy atom. The zero-order valence-electron chi connectivity index (χ0n) is 20.1. The van der Waals surface area contributed by atoms with E-state index in [1.807, 2.05) is 90.7 Å². The van der Waals surface area contributed by atoms with Crippen molar-refractivity contribution in [1.82, 2.24) is 25.1 Å². The number of piperidine rings is 1. The number of hydrogen-bond acceptors (Lipinski definition) is 6. The van der Waals surface area contributed by atoms with Crippen LogP contribution < -0.4 is 0 Å². The first-order valence-electron chi connectivity index (χ1n) is 12.0. The molecule has 182 valence electrons. The maximum Gasteiger partial charge on any atom is 0.254 e. The largest absolute Gasteiger partial charge is 0.339 e. The van der Waals surface area contributed by atoms with E-state index in [-0.39, 0.29) is 17.6 Å². The van der Waals surface area contributed by atoms with Gasteiger partial charge in [-0.25, -0.2) is 0 Å². The van der Waals surface area contributed by atoms with E-state index >= 15 is 0 Å². The molecule has 2 heterocycles. The molecular weight excluding hydrogens is 470 g/mol. The van der Waals surface area contributed by atoms with E-state index in [1.54, 1.807) is 16.4 Å². The quantitative estimate of drug-likeness (QED) is 0.264. The number of tetrazole rings is 1. The fourth-order valence-corrected chi connectivity index (χ4v) is 5.40. The van der Waals surface area contributed by atoms with Crippen molar-refractivity contribution in [3.63, 3.8) is 0 Å². The van der Waals surface area contributed by atoms with Crippen molar-refractivity contribution in [3.05, 3.63) is 101 Å². The fourth-order valence-electron chi connectivity index (χ4n) is 4.45. The summed E-state index contributed by atoms with van der Waals surface area (Å²) in [6.45, 7) is 3.17. The zero-order valence-corrected chi connectivity index (χ0v) is 20.9. The third kappa shape index (κ3) is 5.23. The lowest BCUT2D eigenvalue weighted by Crippen LogP contribution is -2.40. The molecule has 1 fully saturated rings. The summed E-state index contributed by atoms with van der Waals surface area (Å²) in [7, 11) is 0. The number of benzene rings is 3. The van der Waals surface area contributed by atoms with Crippen LogP contribution in [-0.2, 0) is 5.75 Å². The molecule has 1 aliphatic rings. The zero-order chi connectivity index (χ0) is 24.9. The molecule has 1 aliphatic heterocycles. The second-order valence-corrected chi connectivity index (χ2v) is 9.94. The molecule has 0 N–H and O–H groups in total. The predicted molar refractivity (Wildman–Crippen MR) is 139 cm³/mol. The van der Waals surface area contributed by atoms with Gasteiger partial charge in [0.1, 0.15) is 0 Å². The summed E-state index contributed by atoms with van der Waals surface area (Å²) in [5.41, 5.74) is 3.46. The third-order valence-corrected chi connectivity index (χ3v) is 7.57. The minimum absolute atomic E-state index is 0.00184. The summed E-state index contributed by atoms with van der Waals surface area (Å²) >= 11 is 1.54. The summed E-state index contributed by atoms with van der Waals surface area (Å²) in [6, 6.07) is 25.1. The number of hydrogen-bond donors (Lipinski definition) is 0. The van der Waals surface area contributed by atoms with Crippen LogP contribution in [0.1, 0.15) is 44.9 Å². The maximum atomic E-state index is 13.4. The fraction of sp³-hybridized carbons (Fsp3) is 0.250. The van der Waals surface area contributed by atoms with Gasteiger partial charge in [0.15, 0.2) is 11.6 Å². The number of likely N-dealkylation sites (tertiary alicyclic amines) is 1. The molecule has 1 amide bonds. The molecule has 0 radical (unpaired) electrons. The Morgan fingerprint density at radius 3 is 2.36 bits per heavy atom. The van der Waals surface area contributed by atoms with E-state index in [4.69, 9.17) is 0 Å². The Balaban J connectivity index is 1.23. The number of para-hydroxylation sites is 1. The van der Waals surface area contributed by atoms with Gasteiger partial charge in [0.2, 0.25) is 0 Å². The maximum absolute atomic E-state index is 13.4. The van der Waals surface area contributed by atoms with Crippen molar-refractivity contribution in [2.24, 2.45) is 5.92 Å². The minimum atomic E-state index is -0.0433. The van der Waals surface area contributed by atoms with Crippen LogP contribution in [0.25, 0.3) is 5.69 Å². The van der Waals surface area contributed by atoms with Gasteiger partial charge in [0.25, 0.3) is 5.91 Å². The SMILES string of the molecule is Cc1ccc(C(=O)C2CCN(C(=O)c3ccccc3SCc3nnnn3-c3ccccc3)CC2)cc1. The second kappa shape index (κ2) is 10.9. The number of aryl methyl sites for hydroxylation is 1. The number of aromatic nitrogens is 4. The molecule has 0 aliphatic carbocycles. The highest BCUT2D eigenvalue weighted by Gasteiger charge is 2.29. The second-order valence-electron chi connectivity index (χ2n) is 8.92. The highest BCUT2D eigenvalue weighted by atomic mass is 32.2. The van der Waals surface area contributed by atoms with Crippen molar-refractivity contribution in [3.8, 4) is 5.69 Å². The molecular formula is C28H27N5O2S. The molecule has 7 nitrogen and oxygen atoms in total. The average Bonchev–Trinajstić information content (AvgIpc) is 3.41. The normalized spacial score (nSPS) is 14.1. The highest BCUT2D eigenvalue weighted by molar-refractivity contribution is 7.98. The molecule has 0 saturated carbocycles. The number of nitrogens with zero attached hydrogens (tertiary/aromatic N) is 5. The Kier molecular flexibility index (Phi) is 7.23. The van der Waals surface area contributed by atoms with Crippen LogP contribution in [-0.4, -0.2) is 49.9 Å². The van der Waals surface area contributed by atoms with Gasteiger partial charge in [-0.3, -0.25) is 9.59 Å². The Morgan fingerprint density at radius 1 is 0.917 bits per heavy atom. The van der Waals surface area contributed by atoms with Gasteiger partial charge < -0.3 is 4.90 Å². The van der Waals surface area contributed by atoms with E-state index in [0.717, 1.165) is 21.7 Å². The molecule has 0 atom stereocenters. The van der Waals surface area contributed by atoms with E-state index in [0.29, 0.717) is 43.1 Å². The first kappa shape index (κ1) is 23.9. The standard InChI is InChI=1S/C28H27N5O2S/c1-20-11-13-21(14-12-20)27(34)22-15-17-32(18-16-22)28(35)24-9-5-6-10-25(24)36-19-26-29-30-31-33(26)23-7-3-2-4-8-23/h2-14,22H,15-19H2,1H3. The molecule has 3 aromatic carbocycles. The van der Waals surface area contributed by atoms with Crippen LogP contribution >= 0.6 is 11.8 Å². The first-order chi connectivity index (χ1) is 17.6. The molecule has 8 heteroatoms. The number of rotatable bonds is 7. The van der Waals surface area contributed by atoms with Crippen LogP contribution in [0.3, 0.4) is 0 Å². The van der Waals surface area contributed by atoms with E-state index in [1.165, 1.54) is 0 Å². The number of Topliss-reactive ketones (excluding diaryl/α,β-unsaturated/α-hetero) is 1. The molecule has 0 spiro atoms. The third-order valence-electron chi connectivity index (χ3n) is 6.50. The van der Waals surface area contributed by atoms with Crippen LogP contribution in [0.5, 0.6) is 0 Å². The number of thioether (sulfide) groups is 1.